The Morgan fingerprint density at radius 3 is 2.94 bits per heavy atom. The van der Waals surface area contributed by atoms with Crippen LogP contribution in [0.1, 0.15) is 18.9 Å². The summed E-state index contributed by atoms with van der Waals surface area (Å²) in [5.74, 6) is 0. The van der Waals surface area contributed by atoms with Crippen molar-refractivity contribution in [3.05, 3.63) is 28.2 Å². The van der Waals surface area contributed by atoms with Crippen LogP contribution in [0, 0.1) is 11.3 Å². The molecule has 1 N–H and O–H groups in total. The zero-order valence-electron chi connectivity index (χ0n) is 9.29. The van der Waals surface area contributed by atoms with E-state index in [2.05, 4.69) is 27.3 Å². The first kappa shape index (κ1) is 13.0. The fraction of sp³-hybridized carbons (Fsp3) is 0.417. The summed E-state index contributed by atoms with van der Waals surface area (Å²) in [5.41, 5.74) is 1.67. The van der Waals surface area contributed by atoms with E-state index in [-0.39, 0.29) is 0 Å². The zero-order chi connectivity index (χ0) is 11.8. The maximum atomic E-state index is 8.77. The molecule has 0 aromatic heterocycles. The van der Waals surface area contributed by atoms with Gasteiger partial charge in [-0.2, -0.15) is 5.26 Å². The van der Waals surface area contributed by atoms with Gasteiger partial charge in [-0.3, -0.25) is 0 Å². The molecule has 0 aliphatic carbocycles. The van der Waals surface area contributed by atoms with Crippen LogP contribution in [0.3, 0.4) is 0 Å². The second-order valence-electron chi connectivity index (χ2n) is 3.28. The number of nitrogens with one attached hydrogen (secondary N) is 1. The Morgan fingerprint density at radius 2 is 2.31 bits per heavy atom. The Hall–Kier alpha value is -1.05. The lowest BCUT2D eigenvalue weighted by molar-refractivity contribution is 0.147. The van der Waals surface area contributed by atoms with Crippen molar-refractivity contribution in [1.29, 1.82) is 5.26 Å². The van der Waals surface area contributed by atoms with Crippen molar-refractivity contribution in [3.63, 3.8) is 0 Å². The van der Waals surface area contributed by atoms with Gasteiger partial charge in [-0.05, 0) is 47.5 Å². The highest BCUT2D eigenvalue weighted by atomic mass is 79.9. The van der Waals surface area contributed by atoms with E-state index in [0.29, 0.717) is 5.56 Å². The zero-order valence-corrected chi connectivity index (χ0v) is 10.9. The molecular formula is C12H15BrN2O. The van der Waals surface area contributed by atoms with Gasteiger partial charge in [-0.25, -0.2) is 0 Å². The molecule has 1 rings (SSSR count). The third kappa shape index (κ3) is 4.21. The summed E-state index contributed by atoms with van der Waals surface area (Å²) in [6, 6.07) is 7.74. The van der Waals surface area contributed by atoms with Gasteiger partial charge < -0.3 is 10.1 Å². The molecule has 0 aliphatic heterocycles. The summed E-state index contributed by atoms with van der Waals surface area (Å²) in [6.07, 6.45) is 0.978. The topological polar surface area (TPSA) is 45.0 Å². The van der Waals surface area contributed by atoms with Crippen LogP contribution in [0.15, 0.2) is 22.7 Å². The highest BCUT2D eigenvalue weighted by molar-refractivity contribution is 9.10. The third-order valence-electron chi connectivity index (χ3n) is 2.09. The summed E-state index contributed by atoms with van der Waals surface area (Å²) in [4.78, 5) is 0. The molecule has 0 aliphatic rings. The summed E-state index contributed by atoms with van der Waals surface area (Å²) in [5, 5.41) is 12.0. The van der Waals surface area contributed by atoms with E-state index in [1.807, 2.05) is 19.1 Å². The molecule has 86 valence electrons. The minimum absolute atomic E-state index is 0.653. The van der Waals surface area contributed by atoms with E-state index in [4.69, 9.17) is 10.00 Å². The second-order valence-corrected chi connectivity index (χ2v) is 4.14. The van der Waals surface area contributed by atoms with Crippen LogP contribution < -0.4 is 5.32 Å². The number of anilines is 1. The van der Waals surface area contributed by atoms with Crippen LogP contribution in [-0.4, -0.2) is 19.8 Å². The third-order valence-corrected chi connectivity index (χ3v) is 2.74. The molecule has 3 nitrogen and oxygen atoms in total. The van der Waals surface area contributed by atoms with Gasteiger partial charge in [0.1, 0.15) is 6.07 Å². The molecule has 0 unspecified atom stereocenters. The summed E-state index contributed by atoms with van der Waals surface area (Å²) in [6.45, 7) is 4.41. The van der Waals surface area contributed by atoms with Crippen molar-refractivity contribution in [3.8, 4) is 6.07 Å². The second kappa shape index (κ2) is 7.26. The average Bonchev–Trinajstić information content (AvgIpc) is 2.29. The van der Waals surface area contributed by atoms with Crippen molar-refractivity contribution in [1.82, 2.24) is 0 Å². The predicted molar refractivity (Wildman–Crippen MR) is 68.5 cm³/mol. The van der Waals surface area contributed by atoms with Crippen molar-refractivity contribution >= 4 is 21.6 Å². The number of benzene rings is 1. The monoisotopic (exact) mass is 282 g/mol. The first-order valence-corrected chi connectivity index (χ1v) is 6.08. The Bertz CT molecular complexity index is 374. The first-order chi connectivity index (χ1) is 7.77. The number of rotatable bonds is 6. The van der Waals surface area contributed by atoms with Crippen LogP contribution in [0.4, 0.5) is 5.69 Å². The Kier molecular flexibility index (Phi) is 5.91. The van der Waals surface area contributed by atoms with E-state index in [1.165, 1.54) is 0 Å². The van der Waals surface area contributed by atoms with Crippen molar-refractivity contribution < 1.29 is 4.74 Å². The van der Waals surface area contributed by atoms with Crippen LogP contribution >= 0.6 is 15.9 Å². The summed E-state index contributed by atoms with van der Waals surface area (Å²) in [7, 11) is 0. The number of hydrogen-bond acceptors (Lipinski definition) is 3. The van der Waals surface area contributed by atoms with Gasteiger partial charge in [0.05, 0.1) is 5.56 Å². The minimum Gasteiger partial charge on any atom is -0.385 e. The molecule has 0 amide bonds. The molecule has 0 saturated carbocycles. The Morgan fingerprint density at radius 1 is 1.50 bits per heavy atom. The molecule has 0 atom stereocenters. The molecule has 0 bridgehead atoms. The maximum absolute atomic E-state index is 8.77. The van der Waals surface area contributed by atoms with Crippen LogP contribution in [0.25, 0.3) is 0 Å². The lowest BCUT2D eigenvalue weighted by Crippen LogP contribution is -2.05. The minimum atomic E-state index is 0.653. The van der Waals surface area contributed by atoms with Gasteiger partial charge in [-0.15, -0.1) is 0 Å². The number of ether oxygens (including phenoxy) is 1. The number of hydrogen-bond donors (Lipinski definition) is 1. The number of nitrogens with zero attached hydrogens (tertiary/aromatic N) is 1. The van der Waals surface area contributed by atoms with E-state index >= 15 is 0 Å². The van der Waals surface area contributed by atoms with Gasteiger partial charge in [0.25, 0.3) is 0 Å². The van der Waals surface area contributed by atoms with Gasteiger partial charge in [0.15, 0.2) is 0 Å². The van der Waals surface area contributed by atoms with Crippen molar-refractivity contribution in [2.24, 2.45) is 0 Å². The van der Waals surface area contributed by atoms with Crippen LogP contribution in [0.2, 0.25) is 0 Å². The van der Waals surface area contributed by atoms with E-state index in [1.54, 1.807) is 6.07 Å². The van der Waals surface area contributed by atoms with Crippen LogP contribution in [-0.2, 0) is 4.74 Å². The van der Waals surface area contributed by atoms with Crippen molar-refractivity contribution in [2.75, 3.05) is 25.1 Å². The molecule has 0 saturated heterocycles. The molecule has 0 fully saturated rings. The Balaban J connectivity index is 2.38. The maximum Gasteiger partial charge on any atom is 0.100 e. The predicted octanol–water partition coefficient (Wildman–Crippen LogP) is 3.16. The smallest absolute Gasteiger partial charge is 0.100 e. The lowest BCUT2D eigenvalue weighted by atomic mass is 10.2. The molecule has 4 heteroatoms. The molecule has 0 radical (unpaired) electrons. The number of nitriles is 1. The standard InChI is InChI=1S/C12H15BrN2O/c1-2-16-7-3-6-15-11-5-4-10(9-14)12(13)8-11/h4-5,8,15H,2-3,6-7H2,1H3. The normalized spacial score (nSPS) is 9.81. The molecule has 16 heavy (non-hydrogen) atoms. The van der Waals surface area contributed by atoms with E-state index < -0.39 is 0 Å². The average molecular weight is 283 g/mol. The molecule has 0 heterocycles. The van der Waals surface area contributed by atoms with Gasteiger partial charge in [0, 0.05) is 29.9 Å². The molecule has 0 spiro atoms. The van der Waals surface area contributed by atoms with E-state index in [9.17, 15) is 0 Å². The quantitative estimate of drug-likeness (QED) is 0.816. The highest BCUT2D eigenvalue weighted by Crippen LogP contribution is 2.20. The van der Waals surface area contributed by atoms with Gasteiger partial charge >= 0.3 is 0 Å². The van der Waals surface area contributed by atoms with Gasteiger partial charge in [0.2, 0.25) is 0 Å². The fourth-order valence-electron chi connectivity index (χ4n) is 1.27. The molecule has 1 aromatic rings. The first-order valence-electron chi connectivity index (χ1n) is 5.29. The SMILES string of the molecule is CCOCCCNc1ccc(C#N)c(Br)c1. The molecular weight excluding hydrogens is 268 g/mol. The number of halogens is 1. The van der Waals surface area contributed by atoms with Crippen molar-refractivity contribution in [2.45, 2.75) is 13.3 Å². The van der Waals surface area contributed by atoms with Gasteiger partial charge in [-0.1, -0.05) is 0 Å². The summed E-state index contributed by atoms with van der Waals surface area (Å²) < 4.78 is 6.06. The Labute approximate surface area is 105 Å². The highest BCUT2D eigenvalue weighted by Gasteiger charge is 1.99. The lowest BCUT2D eigenvalue weighted by Gasteiger charge is -2.07. The van der Waals surface area contributed by atoms with E-state index in [0.717, 1.165) is 36.3 Å². The summed E-state index contributed by atoms with van der Waals surface area (Å²) >= 11 is 3.35. The molecule has 1 aromatic carbocycles. The largest absolute Gasteiger partial charge is 0.385 e. The van der Waals surface area contributed by atoms with Crippen LogP contribution in [0.5, 0.6) is 0 Å². The fourth-order valence-corrected chi connectivity index (χ4v) is 1.73.